The minimum Gasteiger partial charge on any atom is -0.0837 e. The fourth-order valence-corrected chi connectivity index (χ4v) is 2.11. The minimum atomic E-state index is 0.804. The highest BCUT2D eigenvalue weighted by molar-refractivity contribution is 9.10. The molecule has 0 fully saturated rings. The van der Waals surface area contributed by atoms with Gasteiger partial charge in [-0.2, -0.15) is 0 Å². The van der Waals surface area contributed by atoms with Gasteiger partial charge >= 0.3 is 0 Å². The van der Waals surface area contributed by atoms with Gasteiger partial charge in [-0.3, -0.25) is 0 Å². The second-order valence-corrected chi connectivity index (χ2v) is 4.23. The zero-order valence-electron chi connectivity index (χ0n) is 7.14. The van der Waals surface area contributed by atoms with Crippen molar-refractivity contribution in [2.45, 2.75) is 6.92 Å². The first-order chi connectivity index (χ1) is 6.20. The van der Waals surface area contributed by atoms with E-state index in [-0.39, 0.29) is 0 Å². The zero-order valence-corrected chi connectivity index (χ0v) is 9.48. The van der Waals surface area contributed by atoms with E-state index in [4.69, 9.17) is 11.6 Å². The second kappa shape index (κ2) is 3.32. The molecule has 0 amide bonds. The molecule has 0 aliphatic carbocycles. The average molecular weight is 256 g/mol. The van der Waals surface area contributed by atoms with E-state index >= 15 is 0 Å². The SMILES string of the molecule is Cc1ccc2c(Cl)cccc2c1Br. The van der Waals surface area contributed by atoms with Gasteiger partial charge in [-0.15, -0.1) is 0 Å². The maximum Gasteiger partial charge on any atom is 0.0484 e. The lowest BCUT2D eigenvalue weighted by atomic mass is 10.1. The van der Waals surface area contributed by atoms with Gasteiger partial charge in [0.05, 0.1) is 0 Å². The molecule has 0 heterocycles. The van der Waals surface area contributed by atoms with E-state index in [2.05, 4.69) is 41.1 Å². The standard InChI is InChI=1S/C11H8BrCl/c1-7-5-6-8-9(11(7)12)3-2-4-10(8)13/h2-6H,1H3. The van der Waals surface area contributed by atoms with Crippen molar-refractivity contribution < 1.29 is 0 Å². The largest absolute Gasteiger partial charge is 0.0837 e. The van der Waals surface area contributed by atoms with Crippen LogP contribution in [0.4, 0.5) is 0 Å². The van der Waals surface area contributed by atoms with Crippen LogP contribution in [0.1, 0.15) is 5.56 Å². The normalized spacial score (nSPS) is 10.7. The van der Waals surface area contributed by atoms with E-state index < -0.39 is 0 Å². The lowest BCUT2D eigenvalue weighted by molar-refractivity contribution is 1.47. The molecule has 0 atom stereocenters. The molecular formula is C11H8BrCl. The monoisotopic (exact) mass is 254 g/mol. The molecule has 0 bridgehead atoms. The first-order valence-electron chi connectivity index (χ1n) is 4.03. The van der Waals surface area contributed by atoms with E-state index in [1.54, 1.807) is 0 Å². The summed E-state index contributed by atoms with van der Waals surface area (Å²) in [6.07, 6.45) is 0. The maximum atomic E-state index is 6.06. The summed E-state index contributed by atoms with van der Waals surface area (Å²) >= 11 is 9.62. The third kappa shape index (κ3) is 1.47. The summed E-state index contributed by atoms with van der Waals surface area (Å²) < 4.78 is 1.13. The Labute approximate surface area is 90.6 Å². The summed E-state index contributed by atoms with van der Waals surface area (Å²) in [4.78, 5) is 0. The highest BCUT2D eigenvalue weighted by Gasteiger charge is 2.03. The molecular weight excluding hydrogens is 247 g/mol. The molecule has 0 nitrogen and oxygen atoms in total. The summed E-state index contributed by atoms with van der Waals surface area (Å²) in [5, 5.41) is 3.08. The number of benzene rings is 2. The van der Waals surface area contributed by atoms with Crippen LogP contribution in [0.25, 0.3) is 10.8 Å². The van der Waals surface area contributed by atoms with Gasteiger partial charge in [-0.25, -0.2) is 0 Å². The van der Waals surface area contributed by atoms with Crippen LogP contribution < -0.4 is 0 Å². The van der Waals surface area contributed by atoms with Crippen molar-refractivity contribution in [3.63, 3.8) is 0 Å². The van der Waals surface area contributed by atoms with Gasteiger partial charge in [0.25, 0.3) is 0 Å². The van der Waals surface area contributed by atoms with Gasteiger partial charge in [-0.1, -0.05) is 35.9 Å². The van der Waals surface area contributed by atoms with Gasteiger partial charge in [-0.05, 0) is 39.9 Å². The Morgan fingerprint density at radius 3 is 2.62 bits per heavy atom. The van der Waals surface area contributed by atoms with Crippen molar-refractivity contribution in [1.82, 2.24) is 0 Å². The van der Waals surface area contributed by atoms with Gasteiger partial charge in [0.1, 0.15) is 0 Å². The lowest BCUT2D eigenvalue weighted by Crippen LogP contribution is -1.79. The number of halogens is 2. The van der Waals surface area contributed by atoms with E-state index in [1.165, 1.54) is 10.9 Å². The maximum absolute atomic E-state index is 6.06. The second-order valence-electron chi connectivity index (χ2n) is 3.03. The smallest absolute Gasteiger partial charge is 0.0484 e. The molecule has 13 heavy (non-hydrogen) atoms. The molecule has 0 radical (unpaired) electrons. The number of rotatable bonds is 0. The van der Waals surface area contributed by atoms with Crippen LogP contribution in [-0.2, 0) is 0 Å². The molecule has 0 aliphatic heterocycles. The lowest BCUT2D eigenvalue weighted by Gasteiger charge is -2.04. The van der Waals surface area contributed by atoms with Crippen LogP contribution in [0, 0.1) is 6.92 Å². The fraction of sp³-hybridized carbons (Fsp3) is 0.0909. The predicted octanol–water partition coefficient (Wildman–Crippen LogP) is 4.56. The summed E-state index contributed by atoms with van der Waals surface area (Å²) in [6, 6.07) is 10.1. The quantitative estimate of drug-likeness (QED) is 0.647. The molecule has 0 saturated heterocycles. The molecule has 0 spiro atoms. The Balaban J connectivity index is 2.94. The Hall–Kier alpha value is -0.530. The van der Waals surface area contributed by atoms with Crippen LogP contribution in [0.15, 0.2) is 34.8 Å². The molecule has 0 saturated carbocycles. The van der Waals surface area contributed by atoms with Crippen molar-refractivity contribution in [2.75, 3.05) is 0 Å². The molecule has 0 aromatic heterocycles. The van der Waals surface area contributed by atoms with Crippen molar-refractivity contribution in [3.8, 4) is 0 Å². The Morgan fingerprint density at radius 2 is 1.85 bits per heavy atom. The minimum absolute atomic E-state index is 0.804. The Kier molecular flexibility index (Phi) is 2.31. The third-order valence-corrected chi connectivity index (χ3v) is 3.52. The molecule has 2 heteroatoms. The van der Waals surface area contributed by atoms with Gasteiger partial charge in [0.2, 0.25) is 0 Å². The van der Waals surface area contributed by atoms with E-state index in [1.807, 2.05) is 12.1 Å². The molecule has 0 unspecified atom stereocenters. The van der Waals surface area contributed by atoms with Crippen LogP contribution in [0.3, 0.4) is 0 Å². The van der Waals surface area contributed by atoms with E-state index in [0.29, 0.717) is 0 Å². The highest BCUT2D eigenvalue weighted by atomic mass is 79.9. The first kappa shape index (κ1) is 9.04. The summed E-state index contributed by atoms with van der Waals surface area (Å²) in [7, 11) is 0. The van der Waals surface area contributed by atoms with E-state index in [0.717, 1.165) is 14.9 Å². The van der Waals surface area contributed by atoms with Crippen molar-refractivity contribution in [2.24, 2.45) is 0 Å². The molecule has 2 rings (SSSR count). The first-order valence-corrected chi connectivity index (χ1v) is 5.20. The molecule has 0 aliphatic rings. The fourth-order valence-electron chi connectivity index (χ4n) is 1.39. The topological polar surface area (TPSA) is 0 Å². The van der Waals surface area contributed by atoms with Gasteiger partial charge in [0.15, 0.2) is 0 Å². The molecule has 2 aromatic rings. The van der Waals surface area contributed by atoms with Crippen molar-refractivity contribution in [1.29, 1.82) is 0 Å². The number of hydrogen-bond acceptors (Lipinski definition) is 0. The van der Waals surface area contributed by atoms with Crippen LogP contribution in [0.5, 0.6) is 0 Å². The molecule has 0 N–H and O–H groups in total. The van der Waals surface area contributed by atoms with Crippen LogP contribution >= 0.6 is 27.5 Å². The summed E-state index contributed by atoms with van der Waals surface area (Å²) in [5.41, 5.74) is 1.23. The number of fused-ring (bicyclic) bond motifs is 1. The zero-order chi connectivity index (χ0) is 9.42. The Bertz CT molecular complexity index is 463. The highest BCUT2D eigenvalue weighted by Crippen LogP contribution is 2.31. The molecule has 66 valence electrons. The summed E-state index contributed by atoms with van der Waals surface area (Å²) in [6.45, 7) is 2.07. The summed E-state index contributed by atoms with van der Waals surface area (Å²) in [5.74, 6) is 0. The van der Waals surface area contributed by atoms with E-state index in [9.17, 15) is 0 Å². The van der Waals surface area contributed by atoms with Crippen molar-refractivity contribution in [3.05, 3.63) is 45.4 Å². The third-order valence-electron chi connectivity index (χ3n) is 2.14. The number of aryl methyl sites for hydroxylation is 1. The predicted molar refractivity (Wildman–Crippen MR) is 61.4 cm³/mol. The molecule has 2 aromatic carbocycles. The van der Waals surface area contributed by atoms with Gasteiger partial charge in [0, 0.05) is 14.9 Å². The number of hydrogen-bond donors (Lipinski definition) is 0. The van der Waals surface area contributed by atoms with Gasteiger partial charge < -0.3 is 0 Å². The van der Waals surface area contributed by atoms with Crippen LogP contribution in [0.2, 0.25) is 5.02 Å². The van der Waals surface area contributed by atoms with Crippen molar-refractivity contribution >= 4 is 38.3 Å². The average Bonchev–Trinajstić information content (AvgIpc) is 2.12. The Morgan fingerprint density at radius 1 is 1.08 bits per heavy atom. The van der Waals surface area contributed by atoms with Crippen LogP contribution in [-0.4, -0.2) is 0 Å².